The van der Waals surface area contributed by atoms with Crippen LogP contribution in [0.3, 0.4) is 0 Å². The molecular weight excluding hydrogens is 427 g/mol. The Bertz CT molecular complexity index is 1050. The second kappa shape index (κ2) is 8.30. The van der Waals surface area contributed by atoms with Crippen molar-refractivity contribution in [3.8, 4) is 0 Å². The van der Waals surface area contributed by atoms with Crippen LogP contribution in [0, 0.1) is 10.1 Å². The van der Waals surface area contributed by atoms with Crippen LogP contribution in [0.25, 0.3) is 0 Å². The van der Waals surface area contributed by atoms with Gasteiger partial charge in [-0.15, -0.1) is 0 Å². The van der Waals surface area contributed by atoms with Crippen LogP contribution in [0.5, 0.6) is 0 Å². The third-order valence-corrected chi connectivity index (χ3v) is 6.48. The van der Waals surface area contributed by atoms with Crippen molar-refractivity contribution in [3.63, 3.8) is 0 Å². The molecule has 3 rings (SSSR count). The van der Waals surface area contributed by atoms with Crippen molar-refractivity contribution in [2.45, 2.75) is 24.0 Å². The second-order valence-electron chi connectivity index (χ2n) is 6.74. The number of non-ortho nitro benzene ring substituents is 1. The summed E-state index contributed by atoms with van der Waals surface area (Å²) in [6.07, 6.45) is -4.54. The van der Waals surface area contributed by atoms with Gasteiger partial charge in [0.25, 0.3) is 5.69 Å². The van der Waals surface area contributed by atoms with Gasteiger partial charge in [-0.25, -0.2) is 13.1 Å². The number of halogens is 3. The number of benzene rings is 2. The van der Waals surface area contributed by atoms with E-state index in [9.17, 15) is 31.7 Å². The molecule has 12 heteroatoms. The first-order valence-electron chi connectivity index (χ1n) is 8.74. The molecule has 30 heavy (non-hydrogen) atoms. The van der Waals surface area contributed by atoms with Gasteiger partial charge in [-0.3, -0.25) is 15.0 Å². The molecule has 0 radical (unpaired) electrons. The standard InChI is InChI=1S/C18H18F3N3O5S/c1-23-17(13-5-3-7-15(9-13)24(25)26)16(11-29-23)30(27,28)22-10-12-4-2-6-14(8-12)18(19,20)21/h2-9,16-17,22H,10-11H2,1H3/t16-,17+/m1/s1. The van der Waals surface area contributed by atoms with E-state index in [4.69, 9.17) is 4.84 Å². The van der Waals surface area contributed by atoms with E-state index < -0.39 is 38.0 Å². The average Bonchev–Trinajstić information content (AvgIpc) is 3.08. The fraction of sp³-hybridized carbons (Fsp3) is 0.333. The van der Waals surface area contributed by atoms with Crippen molar-refractivity contribution < 1.29 is 31.3 Å². The van der Waals surface area contributed by atoms with Gasteiger partial charge in [0, 0.05) is 25.7 Å². The van der Waals surface area contributed by atoms with E-state index in [0.717, 1.165) is 12.1 Å². The molecular formula is C18H18F3N3O5S. The van der Waals surface area contributed by atoms with E-state index in [1.54, 1.807) is 6.07 Å². The van der Waals surface area contributed by atoms with Crippen LogP contribution in [0.2, 0.25) is 0 Å². The zero-order valence-electron chi connectivity index (χ0n) is 15.7. The molecule has 1 heterocycles. The minimum atomic E-state index is -4.54. The maximum atomic E-state index is 12.9. The summed E-state index contributed by atoms with van der Waals surface area (Å²) < 4.78 is 66.6. The lowest BCUT2D eigenvalue weighted by Gasteiger charge is -2.23. The third-order valence-electron chi connectivity index (χ3n) is 4.74. The van der Waals surface area contributed by atoms with Gasteiger partial charge in [-0.1, -0.05) is 30.3 Å². The summed E-state index contributed by atoms with van der Waals surface area (Å²) in [6.45, 7) is -0.546. The van der Waals surface area contributed by atoms with Gasteiger partial charge in [-0.2, -0.15) is 18.2 Å². The van der Waals surface area contributed by atoms with E-state index in [-0.39, 0.29) is 24.4 Å². The summed E-state index contributed by atoms with van der Waals surface area (Å²) in [7, 11) is -2.53. The van der Waals surface area contributed by atoms with Crippen molar-refractivity contribution in [2.75, 3.05) is 13.7 Å². The van der Waals surface area contributed by atoms with Crippen molar-refractivity contribution in [3.05, 3.63) is 75.3 Å². The Kier molecular flexibility index (Phi) is 6.13. The van der Waals surface area contributed by atoms with Crippen LogP contribution in [-0.2, 0) is 27.6 Å². The van der Waals surface area contributed by atoms with E-state index >= 15 is 0 Å². The summed E-state index contributed by atoms with van der Waals surface area (Å²) in [4.78, 5) is 15.8. The number of hydroxylamine groups is 2. The van der Waals surface area contributed by atoms with Crippen molar-refractivity contribution in [1.29, 1.82) is 0 Å². The van der Waals surface area contributed by atoms with Crippen molar-refractivity contribution >= 4 is 15.7 Å². The largest absolute Gasteiger partial charge is 0.416 e. The predicted octanol–water partition coefficient (Wildman–Crippen LogP) is 3.02. The minimum absolute atomic E-state index is 0.146. The number of nitrogens with zero attached hydrogens (tertiary/aromatic N) is 2. The van der Waals surface area contributed by atoms with Crippen LogP contribution in [-0.4, -0.2) is 37.3 Å². The lowest BCUT2D eigenvalue weighted by Crippen LogP contribution is -2.39. The number of alkyl halides is 3. The Balaban J connectivity index is 1.81. The third kappa shape index (κ3) is 4.78. The number of hydrogen-bond donors (Lipinski definition) is 1. The highest BCUT2D eigenvalue weighted by atomic mass is 32.2. The molecule has 1 saturated heterocycles. The lowest BCUT2D eigenvalue weighted by atomic mass is 10.0. The van der Waals surface area contributed by atoms with Crippen molar-refractivity contribution in [1.82, 2.24) is 9.79 Å². The topological polar surface area (TPSA) is 102 Å². The average molecular weight is 445 g/mol. The van der Waals surface area contributed by atoms with Gasteiger partial charge in [0.1, 0.15) is 5.25 Å². The molecule has 0 aromatic heterocycles. The molecule has 1 N–H and O–H groups in total. The minimum Gasteiger partial charge on any atom is -0.297 e. The summed E-state index contributed by atoms with van der Waals surface area (Å²) in [6, 6.07) is 9.08. The van der Waals surface area contributed by atoms with Gasteiger partial charge in [-0.05, 0) is 17.2 Å². The van der Waals surface area contributed by atoms with Gasteiger partial charge >= 0.3 is 6.18 Å². The van der Waals surface area contributed by atoms with E-state index in [0.29, 0.717) is 5.56 Å². The Morgan fingerprint density at radius 1 is 1.23 bits per heavy atom. The normalized spacial score (nSPS) is 20.4. The molecule has 0 amide bonds. The maximum absolute atomic E-state index is 12.9. The number of nitro benzene ring substituents is 1. The fourth-order valence-corrected chi connectivity index (χ4v) is 4.74. The number of hydrogen-bond acceptors (Lipinski definition) is 6. The predicted molar refractivity (Wildman–Crippen MR) is 101 cm³/mol. The molecule has 0 saturated carbocycles. The first-order chi connectivity index (χ1) is 14.0. The first-order valence-corrected chi connectivity index (χ1v) is 10.3. The molecule has 2 atom stereocenters. The van der Waals surface area contributed by atoms with E-state index in [1.165, 1.54) is 42.4 Å². The van der Waals surface area contributed by atoms with E-state index in [2.05, 4.69) is 4.72 Å². The fourth-order valence-electron chi connectivity index (χ4n) is 3.25. The van der Waals surface area contributed by atoms with Gasteiger partial charge < -0.3 is 0 Å². The summed E-state index contributed by atoms with van der Waals surface area (Å²) >= 11 is 0. The first kappa shape index (κ1) is 22.2. The Morgan fingerprint density at radius 2 is 1.93 bits per heavy atom. The van der Waals surface area contributed by atoms with Crippen LogP contribution in [0.1, 0.15) is 22.7 Å². The summed E-state index contributed by atoms with van der Waals surface area (Å²) in [5, 5.41) is 11.2. The molecule has 0 spiro atoms. The lowest BCUT2D eigenvalue weighted by molar-refractivity contribution is -0.385. The highest BCUT2D eigenvalue weighted by molar-refractivity contribution is 7.90. The molecule has 0 bridgehead atoms. The summed E-state index contributed by atoms with van der Waals surface area (Å²) in [5.74, 6) is 0. The highest BCUT2D eigenvalue weighted by Gasteiger charge is 2.43. The van der Waals surface area contributed by atoms with Gasteiger partial charge in [0.2, 0.25) is 10.0 Å². The number of nitrogens with one attached hydrogen (secondary N) is 1. The molecule has 2 aromatic rings. The highest BCUT2D eigenvalue weighted by Crippen LogP contribution is 2.35. The second-order valence-corrected chi connectivity index (χ2v) is 8.73. The number of sulfonamides is 1. The van der Waals surface area contributed by atoms with Gasteiger partial charge in [0.15, 0.2) is 0 Å². The van der Waals surface area contributed by atoms with Crippen LogP contribution < -0.4 is 4.72 Å². The van der Waals surface area contributed by atoms with Crippen LogP contribution in [0.4, 0.5) is 18.9 Å². The Labute approximate surface area is 170 Å². The van der Waals surface area contributed by atoms with Crippen molar-refractivity contribution in [2.24, 2.45) is 0 Å². The van der Waals surface area contributed by atoms with Gasteiger partial charge in [0.05, 0.1) is 23.1 Å². The Hall–Kier alpha value is -2.54. The van der Waals surface area contributed by atoms with E-state index in [1.807, 2.05) is 0 Å². The molecule has 8 nitrogen and oxygen atoms in total. The molecule has 2 aromatic carbocycles. The SMILES string of the molecule is CN1OC[C@@H](S(=O)(=O)NCc2cccc(C(F)(F)F)c2)[C@@H]1c1cccc([N+](=O)[O-])c1. The zero-order chi connectivity index (χ0) is 22.1. The quantitative estimate of drug-likeness (QED) is 0.542. The molecule has 162 valence electrons. The molecule has 1 fully saturated rings. The monoisotopic (exact) mass is 445 g/mol. The maximum Gasteiger partial charge on any atom is 0.416 e. The zero-order valence-corrected chi connectivity index (χ0v) is 16.5. The van der Waals surface area contributed by atoms with Crippen LogP contribution >= 0.6 is 0 Å². The smallest absolute Gasteiger partial charge is 0.297 e. The summed E-state index contributed by atoms with van der Waals surface area (Å²) in [5.41, 5.74) is -0.551. The molecule has 1 aliphatic heterocycles. The van der Waals surface area contributed by atoms with Crippen LogP contribution in [0.15, 0.2) is 48.5 Å². The molecule has 0 unspecified atom stereocenters. The molecule has 0 aliphatic carbocycles. The number of nitro groups is 1. The molecule has 1 aliphatic rings. The Morgan fingerprint density at radius 3 is 2.60 bits per heavy atom. The number of rotatable bonds is 6.